The fraction of sp³-hybridized carbons (Fsp3) is 0.818. The Labute approximate surface area is 96.9 Å². The smallest absolute Gasteiger partial charge is 0.303 e. The Morgan fingerprint density at radius 2 is 1.69 bits per heavy atom. The maximum Gasteiger partial charge on any atom is 0.303 e. The molecule has 0 aliphatic heterocycles. The molecule has 0 saturated carbocycles. The average molecular weight is 232 g/mol. The summed E-state index contributed by atoms with van der Waals surface area (Å²) in [6.07, 6.45) is 0.325. The van der Waals surface area contributed by atoms with E-state index < -0.39 is 0 Å². The maximum absolute atomic E-state index is 10.9. The van der Waals surface area contributed by atoms with Gasteiger partial charge in [0.2, 0.25) is 0 Å². The Hall–Kier alpha value is -1.10. The summed E-state index contributed by atoms with van der Waals surface area (Å²) in [6.45, 7) is 3.73. The van der Waals surface area contributed by atoms with E-state index in [9.17, 15) is 9.59 Å². The molecule has 0 aliphatic carbocycles. The van der Waals surface area contributed by atoms with Gasteiger partial charge < -0.3 is 14.0 Å². The summed E-state index contributed by atoms with van der Waals surface area (Å²) in [5, 5.41) is 0. The number of ether oxygens (including phenoxy) is 2. The van der Waals surface area contributed by atoms with Crippen LogP contribution in [0, 0.1) is 0 Å². The molecule has 0 rings (SSSR count). The third kappa shape index (κ3) is 9.45. The van der Waals surface area contributed by atoms with Crippen molar-refractivity contribution in [2.45, 2.75) is 26.4 Å². The molecular weight excluding hydrogens is 210 g/mol. The standard InChI is InChI=1S/C11H22NO4/c1-9(13)15-7-6-11(16-10(2)14)8-12(3,4)5/h11H,6-8H2,1-5H3/q+1. The Bertz CT molecular complexity index is 245. The maximum atomic E-state index is 10.9. The minimum atomic E-state index is -0.313. The van der Waals surface area contributed by atoms with Gasteiger partial charge in [-0.1, -0.05) is 0 Å². The third-order valence-electron chi connectivity index (χ3n) is 1.83. The first-order valence-electron chi connectivity index (χ1n) is 5.32. The van der Waals surface area contributed by atoms with Gasteiger partial charge in [-0.2, -0.15) is 0 Å². The van der Waals surface area contributed by atoms with Crippen molar-refractivity contribution in [1.82, 2.24) is 0 Å². The molecule has 0 radical (unpaired) electrons. The first-order valence-corrected chi connectivity index (χ1v) is 5.32. The van der Waals surface area contributed by atoms with E-state index in [4.69, 9.17) is 9.47 Å². The van der Waals surface area contributed by atoms with Crippen LogP contribution in [0.4, 0.5) is 0 Å². The molecule has 0 aromatic carbocycles. The van der Waals surface area contributed by atoms with Gasteiger partial charge in [-0.05, 0) is 0 Å². The van der Waals surface area contributed by atoms with Crippen molar-refractivity contribution in [1.29, 1.82) is 0 Å². The Morgan fingerprint density at radius 3 is 2.06 bits per heavy atom. The lowest BCUT2D eigenvalue weighted by Crippen LogP contribution is -2.43. The van der Waals surface area contributed by atoms with Crippen LogP contribution in [0.15, 0.2) is 0 Å². The van der Waals surface area contributed by atoms with E-state index in [1.807, 2.05) is 21.1 Å². The van der Waals surface area contributed by atoms with Gasteiger partial charge in [0.1, 0.15) is 6.54 Å². The van der Waals surface area contributed by atoms with Crippen LogP contribution < -0.4 is 0 Å². The van der Waals surface area contributed by atoms with Crippen LogP contribution in [-0.2, 0) is 19.1 Å². The summed E-state index contributed by atoms with van der Waals surface area (Å²) in [7, 11) is 6.05. The molecule has 0 heterocycles. The number of carbonyl (C=O) groups is 2. The summed E-state index contributed by atoms with van der Waals surface area (Å²) in [5.74, 6) is -0.618. The highest BCUT2D eigenvalue weighted by Crippen LogP contribution is 2.05. The van der Waals surface area contributed by atoms with Gasteiger partial charge in [0.25, 0.3) is 0 Å². The zero-order valence-corrected chi connectivity index (χ0v) is 10.8. The molecule has 0 fully saturated rings. The highest BCUT2D eigenvalue weighted by Gasteiger charge is 2.20. The minimum absolute atomic E-state index is 0.211. The van der Waals surface area contributed by atoms with Crippen LogP contribution in [-0.4, -0.2) is 56.8 Å². The molecule has 1 atom stereocenters. The summed E-state index contributed by atoms with van der Waals surface area (Å²) in [4.78, 5) is 21.5. The van der Waals surface area contributed by atoms with E-state index in [2.05, 4.69) is 0 Å². The number of likely N-dealkylation sites (N-methyl/N-ethyl adjacent to an activating group) is 1. The lowest BCUT2D eigenvalue weighted by atomic mass is 10.2. The normalized spacial score (nSPS) is 13.1. The Kier molecular flexibility index (Phi) is 6.03. The van der Waals surface area contributed by atoms with Gasteiger partial charge in [-0.3, -0.25) is 9.59 Å². The van der Waals surface area contributed by atoms with Crippen molar-refractivity contribution >= 4 is 11.9 Å². The second-order valence-corrected chi connectivity index (χ2v) is 4.83. The van der Waals surface area contributed by atoms with Crippen molar-refractivity contribution in [2.24, 2.45) is 0 Å². The average Bonchev–Trinajstić information content (AvgIpc) is 1.98. The van der Waals surface area contributed by atoms with E-state index >= 15 is 0 Å². The molecule has 0 aliphatic rings. The third-order valence-corrected chi connectivity index (χ3v) is 1.83. The number of esters is 2. The van der Waals surface area contributed by atoms with Crippen molar-refractivity contribution in [3.05, 3.63) is 0 Å². The number of hydrogen-bond acceptors (Lipinski definition) is 4. The van der Waals surface area contributed by atoms with Gasteiger partial charge in [-0.15, -0.1) is 0 Å². The van der Waals surface area contributed by atoms with Crippen LogP contribution >= 0.6 is 0 Å². The molecule has 5 nitrogen and oxygen atoms in total. The first kappa shape index (κ1) is 14.9. The largest absolute Gasteiger partial charge is 0.466 e. The summed E-state index contributed by atoms with van der Waals surface area (Å²) in [6, 6.07) is 0. The zero-order chi connectivity index (χ0) is 12.8. The van der Waals surface area contributed by atoms with Gasteiger partial charge in [0.05, 0.1) is 27.7 Å². The van der Waals surface area contributed by atoms with E-state index in [1.165, 1.54) is 13.8 Å². The molecule has 1 unspecified atom stereocenters. The van der Waals surface area contributed by atoms with Gasteiger partial charge in [0.15, 0.2) is 6.10 Å². The van der Waals surface area contributed by atoms with E-state index in [0.717, 1.165) is 0 Å². The molecule has 5 heteroatoms. The predicted molar refractivity (Wildman–Crippen MR) is 59.7 cm³/mol. The summed E-state index contributed by atoms with van der Waals surface area (Å²) < 4.78 is 10.7. The second kappa shape index (κ2) is 6.48. The van der Waals surface area contributed by atoms with Gasteiger partial charge in [0, 0.05) is 20.3 Å². The molecular formula is C11H22NO4+. The lowest BCUT2D eigenvalue weighted by molar-refractivity contribution is -0.873. The molecule has 16 heavy (non-hydrogen) atoms. The first-order chi connectivity index (χ1) is 7.20. The fourth-order valence-electron chi connectivity index (χ4n) is 1.37. The zero-order valence-electron chi connectivity index (χ0n) is 10.8. The van der Waals surface area contributed by atoms with Crippen molar-refractivity contribution in [2.75, 3.05) is 34.3 Å². The molecule has 0 spiro atoms. The van der Waals surface area contributed by atoms with Crippen molar-refractivity contribution in [3.8, 4) is 0 Å². The highest BCUT2D eigenvalue weighted by atomic mass is 16.6. The minimum Gasteiger partial charge on any atom is -0.466 e. The highest BCUT2D eigenvalue weighted by molar-refractivity contribution is 5.66. The SMILES string of the molecule is CC(=O)OCCC(C[N+](C)(C)C)OC(C)=O. The van der Waals surface area contributed by atoms with Crippen LogP contribution in [0.3, 0.4) is 0 Å². The van der Waals surface area contributed by atoms with E-state index in [-0.39, 0.29) is 24.6 Å². The molecule has 0 bridgehead atoms. The summed E-state index contributed by atoms with van der Waals surface area (Å²) in [5.41, 5.74) is 0. The van der Waals surface area contributed by atoms with Crippen LogP contribution in [0.5, 0.6) is 0 Å². The van der Waals surface area contributed by atoms with Gasteiger partial charge >= 0.3 is 11.9 Å². The Balaban J connectivity index is 4.10. The van der Waals surface area contributed by atoms with E-state index in [1.54, 1.807) is 0 Å². The monoisotopic (exact) mass is 232 g/mol. The van der Waals surface area contributed by atoms with Crippen LogP contribution in [0.1, 0.15) is 20.3 Å². The number of nitrogens with zero attached hydrogens (tertiary/aromatic N) is 1. The second-order valence-electron chi connectivity index (χ2n) is 4.83. The lowest BCUT2D eigenvalue weighted by Gasteiger charge is -2.28. The topological polar surface area (TPSA) is 52.6 Å². The van der Waals surface area contributed by atoms with Crippen molar-refractivity contribution < 1.29 is 23.5 Å². The number of rotatable bonds is 6. The molecule has 0 aromatic rings. The Morgan fingerprint density at radius 1 is 1.12 bits per heavy atom. The number of hydrogen-bond donors (Lipinski definition) is 0. The molecule has 94 valence electrons. The quantitative estimate of drug-likeness (QED) is 0.496. The van der Waals surface area contributed by atoms with Gasteiger partial charge in [-0.25, -0.2) is 0 Å². The van der Waals surface area contributed by atoms with E-state index in [0.29, 0.717) is 17.4 Å². The number of carbonyl (C=O) groups excluding carboxylic acids is 2. The van der Waals surface area contributed by atoms with Crippen LogP contribution in [0.25, 0.3) is 0 Å². The molecule has 0 amide bonds. The summed E-state index contributed by atoms with van der Waals surface area (Å²) >= 11 is 0. The molecule has 0 N–H and O–H groups in total. The molecule has 0 aromatic heterocycles. The fourth-order valence-corrected chi connectivity index (χ4v) is 1.37. The van der Waals surface area contributed by atoms with Crippen molar-refractivity contribution in [3.63, 3.8) is 0 Å². The molecule has 0 saturated heterocycles. The number of quaternary nitrogens is 1. The van der Waals surface area contributed by atoms with Crippen LogP contribution in [0.2, 0.25) is 0 Å². The predicted octanol–water partition coefficient (Wildman–Crippen LogP) is 0.577.